The second kappa shape index (κ2) is 3.32. The molecular weight excluding hydrogens is 186 g/mol. The molecule has 0 aliphatic rings. The second-order valence-corrected chi connectivity index (χ2v) is 2.50. The fraction of sp³-hybridized carbons (Fsp3) is 0.375. The third-order valence-corrected chi connectivity index (χ3v) is 1.58. The second-order valence-electron chi connectivity index (χ2n) is 2.50. The van der Waals surface area contributed by atoms with Gasteiger partial charge >= 0.3 is 6.18 Å². The molecule has 1 nitrogen and oxygen atoms in total. The van der Waals surface area contributed by atoms with E-state index in [-0.39, 0.29) is 12.1 Å². The molecule has 0 radical (unpaired) electrons. The van der Waals surface area contributed by atoms with E-state index in [9.17, 15) is 17.6 Å². The Hall–Kier alpha value is -1.13. The van der Waals surface area contributed by atoms with Gasteiger partial charge in [0.15, 0.2) is 0 Å². The molecular formula is C8H7F4N. The van der Waals surface area contributed by atoms with Gasteiger partial charge in [0.25, 0.3) is 0 Å². The predicted molar refractivity (Wildman–Crippen MR) is 38.6 cm³/mol. The van der Waals surface area contributed by atoms with E-state index in [0.717, 1.165) is 6.20 Å². The Kier molecular flexibility index (Phi) is 2.54. The number of halogens is 4. The molecule has 0 saturated heterocycles. The van der Waals surface area contributed by atoms with Gasteiger partial charge in [-0.15, -0.1) is 0 Å². The molecule has 72 valence electrons. The first-order valence-corrected chi connectivity index (χ1v) is 3.66. The topological polar surface area (TPSA) is 12.9 Å². The SMILES string of the molecule is CCc1ncc(F)cc1C(F)(F)F. The minimum Gasteiger partial charge on any atom is -0.258 e. The fourth-order valence-electron chi connectivity index (χ4n) is 0.995. The fourth-order valence-corrected chi connectivity index (χ4v) is 0.995. The van der Waals surface area contributed by atoms with Gasteiger partial charge in [-0.1, -0.05) is 6.92 Å². The van der Waals surface area contributed by atoms with Crippen LogP contribution < -0.4 is 0 Å². The van der Waals surface area contributed by atoms with E-state index in [1.165, 1.54) is 6.92 Å². The van der Waals surface area contributed by atoms with E-state index in [1.807, 2.05) is 0 Å². The third-order valence-electron chi connectivity index (χ3n) is 1.58. The average molecular weight is 193 g/mol. The van der Waals surface area contributed by atoms with Gasteiger partial charge in [-0.25, -0.2) is 4.39 Å². The first-order valence-electron chi connectivity index (χ1n) is 3.66. The van der Waals surface area contributed by atoms with Crippen LogP contribution in [0.1, 0.15) is 18.2 Å². The molecule has 0 atom stereocenters. The van der Waals surface area contributed by atoms with Crippen molar-refractivity contribution in [1.82, 2.24) is 4.98 Å². The maximum atomic E-state index is 12.5. The summed E-state index contributed by atoms with van der Waals surface area (Å²) in [7, 11) is 0. The first-order chi connectivity index (χ1) is 5.95. The minimum atomic E-state index is -4.53. The van der Waals surface area contributed by atoms with Crippen molar-refractivity contribution in [2.75, 3.05) is 0 Å². The zero-order chi connectivity index (χ0) is 10.1. The lowest BCUT2D eigenvalue weighted by atomic mass is 10.1. The minimum absolute atomic E-state index is 0.131. The highest BCUT2D eigenvalue weighted by atomic mass is 19.4. The molecule has 1 rings (SSSR count). The smallest absolute Gasteiger partial charge is 0.258 e. The summed E-state index contributed by atoms with van der Waals surface area (Å²) in [5.74, 6) is -0.968. The van der Waals surface area contributed by atoms with Gasteiger partial charge < -0.3 is 0 Å². The van der Waals surface area contributed by atoms with Crippen LogP contribution in [0.25, 0.3) is 0 Å². The summed E-state index contributed by atoms with van der Waals surface area (Å²) in [5.41, 5.74) is -1.12. The number of nitrogens with zero attached hydrogens (tertiary/aromatic N) is 1. The Bertz CT molecular complexity index is 306. The molecule has 1 heterocycles. The van der Waals surface area contributed by atoms with Crippen LogP contribution in [-0.4, -0.2) is 4.98 Å². The molecule has 0 fully saturated rings. The Morgan fingerprint density at radius 2 is 2.00 bits per heavy atom. The van der Waals surface area contributed by atoms with Gasteiger partial charge in [0.1, 0.15) is 5.82 Å². The van der Waals surface area contributed by atoms with Crippen molar-refractivity contribution < 1.29 is 17.6 Å². The van der Waals surface area contributed by atoms with Crippen LogP contribution in [0.4, 0.5) is 17.6 Å². The maximum absolute atomic E-state index is 12.5. The highest BCUT2D eigenvalue weighted by Crippen LogP contribution is 2.31. The summed E-state index contributed by atoms with van der Waals surface area (Å²) in [6.45, 7) is 1.54. The lowest BCUT2D eigenvalue weighted by molar-refractivity contribution is -0.138. The highest BCUT2D eigenvalue weighted by Gasteiger charge is 2.33. The molecule has 0 aliphatic carbocycles. The molecule has 0 N–H and O–H groups in total. The molecule has 0 amide bonds. The molecule has 1 aromatic rings. The number of pyridine rings is 1. The van der Waals surface area contributed by atoms with Gasteiger partial charge in [0.2, 0.25) is 0 Å². The van der Waals surface area contributed by atoms with Crippen molar-refractivity contribution >= 4 is 0 Å². The van der Waals surface area contributed by atoms with Gasteiger partial charge in [0, 0.05) is 0 Å². The zero-order valence-electron chi connectivity index (χ0n) is 6.82. The van der Waals surface area contributed by atoms with Gasteiger partial charge in [-0.3, -0.25) is 4.98 Å². The van der Waals surface area contributed by atoms with E-state index < -0.39 is 17.6 Å². The largest absolute Gasteiger partial charge is 0.418 e. The number of hydrogen-bond acceptors (Lipinski definition) is 1. The summed E-state index contributed by atoms with van der Waals surface area (Å²) < 4.78 is 49.1. The highest BCUT2D eigenvalue weighted by molar-refractivity contribution is 5.23. The lowest BCUT2D eigenvalue weighted by Gasteiger charge is -2.09. The summed E-state index contributed by atoms with van der Waals surface area (Å²) in [6, 6.07) is 0.464. The number of aryl methyl sites for hydroxylation is 1. The quantitative estimate of drug-likeness (QED) is 0.625. The molecule has 0 aromatic carbocycles. The zero-order valence-corrected chi connectivity index (χ0v) is 6.82. The number of aromatic nitrogens is 1. The molecule has 13 heavy (non-hydrogen) atoms. The summed E-state index contributed by atoms with van der Waals surface area (Å²) in [4.78, 5) is 3.37. The van der Waals surface area contributed by atoms with Crippen molar-refractivity contribution in [2.24, 2.45) is 0 Å². The number of hydrogen-bond donors (Lipinski definition) is 0. The monoisotopic (exact) mass is 193 g/mol. The van der Waals surface area contributed by atoms with E-state index in [0.29, 0.717) is 6.07 Å². The molecule has 0 unspecified atom stereocenters. The van der Waals surface area contributed by atoms with E-state index >= 15 is 0 Å². The number of rotatable bonds is 1. The van der Waals surface area contributed by atoms with Crippen LogP contribution in [0, 0.1) is 5.82 Å². The Labute approximate surface area is 72.4 Å². The van der Waals surface area contributed by atoms with Crippen molar-refractivity contribution in [3.63, 3.8) is 0 Å². The summed E-state index contributed by atoms with van der Waals surface area (Å²) >= 11 is 0. The standard InChI is InChI=1S/C8H7F4N/c1-2-7-6(8(10,11)12)3-5(9)4-13-7/h3-4H,2H2,1H3. The van der Waals surface area contributed by atoms with Crippen LogP contribution in [0.15, 0.2) is 12.3 Å². The van der Waals surface area contributed by atoms with Crippen LogP contribution in [-0.2, 0) is 12.6 Å². The van der Waals surface area contributed by atoms with Crippen LogP contribution >= 0.6 is 0 Å². The van der Waals surface area contributed by atoms with Crippen LogP contribution in [0.3, 0.4) is 0 Å². The van der Waals surface area contributed by atoms with Gasteiger partial charge in [-0.2, -0.15) is 13.2 Å². The Morgan fingerprint density at radius 3 is 2.46 bits per heavy atom. The maximum Gasteiger partial charge on any atom is 0.418 e. The van der Waals surface area contributed by atoms with E-state index in [2.05, 4.69) is 4.98 Å². The van der Waals surface area contributed by atoms with E-state index in [4.69, 9.17) is 0 Å². The summed E-state index contributed by atoms with van der Waals surface area (Å²) in [5, 5.41) is 0. The molecule has 5 heteroatoms. The molecule has 0 saturated carbocycles. The van der Waals surface area contributed by atoms with Crippen molar-refractivity contribution in [3.8, 4) is 0 Å². The average Bonchev–Trinajstić information content (AvgIpc) is 2.03. The van der Waals surface area contributed by atoms with E-state index in [1.54, 1.807) is 0 Å². The molecule has 0 spiro atoms. The lowest BCUT2D eigenvalue weighted by Crippen LogP contribution is -2.10. The first kappa shape index (κ1) is 9.95. The van der Waals surface area contributed by atoms with Crippen molar-refractivity contribution in [3.05, 3.63) is 29.3 Å². The van der Waals surface area contributed by atoms with Gasteiger partial charge in [-0.05, 0) is 12.5 Å². The van der Waals surface area contributed by atoms with Crippen molar-refractivity contribution in [1.29, 1.82) is 0 Å². The Balaban J connectivity index is 3.24. The molecule has 1 aromatic heterocycles. The Morgan fingerprint density at radius 1 is 1.38 bits per heavy atom. The normalized spacial score (nSPS) is 11.8. The summed E-state index contributed by atoms with van der Waals surface area (Å²) in [6.07, 6.45) is -3.61. The molecule has 0 aliphatic heterocycles. The van der Waals surface area contributed by atoms with Gasteiger partial charge in [0.05, 0.1) is 17.5 Å². The third kappa shape index (κ3) is 2.17. The van der Waals surface area contributed by atoms with Crippen LogP contribution in [0.2, 0.25) is 0 Å². The van der Waals surface area contributed by atoms with Crippen molar-refractivity contribution in [2.45, 2.75) is 19.5 Å². The predicted octanol–water partition coefficient (Wildman–Crippen LogP) is 2.80. The van der Waals surface area contributed by atoms with Crippen LogP contribution in [0.5, 0.6) is 0 Å². The number of alkyl halides is 3. The molecule has 0 bridgehead atoms.